The first kappa shape index (κ1) is 13.1. The zero-order valence-electron chi connectivity index (χ0n) is 10.9. The van der Waals surface area contributed by atoms with Crippen molar-refractivity contribution in [3.05, 3.63) is 30.0 Å². The molecule has 3 rings (SSSR count). The van der Waals surface area contributed by atoms with Gasteiger partial charge in [-0.1, -0.05) is 6.07 Å². The van der Waals surface area contributed by atoms with Gasteiger partial charge < -0.3 is 16.8 Å². The Labute approximate surface area is 121 Å². The minimum atomic E-state index is 0.369. The Bertz CT molecular complexity index is 593. The molecule has 6 nitrogen and oxygen atoms in total. The van der Waals surface area contributed by atoms with Crippen molar-refractivity contribution in [2.45, 2.75) is 35.6 Å². The van der Waals surface area contributed by atoms with Crippen LogP contribution in [0.3, 0.4) is 0 Å². The lowest BCUT2D eigenvalue weighted by atomic mass is 10.3. The zero-order chi connectivity index (χ0) is 13.9. The summed E-state index contributed by atoms with van der Waals surface area (Å²) in [5.41, 5.74) is 12.5. The van der Waals surface area contributed by atoms with E-state index in [0.29, 0.717) is 22.8 Å². The van der Waals surface area contributed by atoms with Crippen molar-refractivity contribution in [1.29, 1.82) is 0 Å². The Morgan fingerprint density at radius 1 is 1.25 bits per heavy atom. The monoisotopic (exact) mass is 288 g/mol. The third-order valence-electron chi connectivity index (χ3n) is 2.94. The maximum Gasteiger partial charge on any atom is 0.197 e. The summed E-state index contributed by atoms with van der Waals surface area (Å²) in [7, 11) is 0. The quantitative estimate of drug-likeness (QED) is 0.715. The Kier molecular flexibility index (Phi) is 3.70. The maximum atomic E-state index is 5.68. The van der Waals surface area contributed by atoms with E-state index in [-0.39, 0.29) is 0 Å². The van der Waals surface area contributed by atoms with Gasteiger partial charge in [-0.05, 0) is 36.2 Å². The summed E-state index contributed by atoms with van der Waals surface area (Å²) in [5.74, 6) is 0.738. The second-order valence-corrected chi connectivity index (χ2v) is 5.68. The van der Waals surface area contributed by atoms with E-state index in [4.69, 9.17) is 11.5 Å². The number of pyridine rings is 1. The highest BCUT2D eigenvalue weighted by Gasteiger charge is 2.20. The molecule has 2 heterocycles. The molecule has 7 heteroatoms. The number of nitrogens with two attached hydrogens (primary N) is 2. The molecule has 1 saturated carbocycles. The number of hydrogen-bond donors (Lipinski definition) is 3. The molecule has 104 valence electrons. The topological polar surface area (TPSA) is 103 Å². The summed E-state index contributed by atoms with van der Waals surface area (Å²) in [5, 5.41) is 4.88. The van der Waals surface area contributed by atoms with Gasteiger partial charge in [-0.25, -0.2) is 15.0 Å². The summed E-state index contributed by atoms with van der Waals surface area (Å²) in [6, 6.07) is 6.19. The predicted molar refractivity (Wildman–Crippen MR) is 79.1 cm³/mol. The van der Waals surface area contributed by atoms with Gasteiger partial charge in [-0.15, -0.1) is 0 Å². The Morgan fingerprint density at radius 2 is 2.00 bits per heavy atom. The van der Waals surface area contributed by atoms with Crippen LogP contribution in [0.25, 0.3) is 0 Å². The van der Waals surface area contributed by atoms with Gasteiger partial charge in [0, 0.05) is 24.8 Å². The van der Waals surface area contributed by atoms with Gasteiger partial charge in [0.25, 0.3) is 0 Å². The summed E-state index contributed by atoms with van der Waals surface area (Å²) >= 11 is 1.38. The predicted octanol–water partition coefficient (Wildman–Crippen LogP) is 1.44. The molecule has 0 radical (unpaired) electrons. The molecule has 0 atom stereocenters. The number of nitrogen functional groups attached to an aromatic ring is 2. The second-order valence-electron chi connectivity index (χ2n) is 4.73. The normalized spacial score (nSPS) is 14.4. The van der Waals surface area contributed by atoms with Crippen LogP contribution in [0.5, 0.6) is 0 Å². The Balaban J connectivity index is 1.78. The van der Waals surface area contributed by atoms with Crippen LogP contribution < -0.4 is 16.8 Å². The molecule has 0 aliphatic heterocycles. The van der Waals surface area contributed by atoms with E-state index in [0.717, 1.165) is 17.1 Å². The number of rotatable bonds is 5. The van der Waals surface area contributed by atoms with Gasteiger partial charge in [0.1, 0.15) is 16.7 Å². The smallest absolute Gasteiger partial charge is 0.197 e. The van der Waals surface area contributed by atoms with Crippen molar-refractivity contribution in [3.8, 4) is 0 Å². The highest BCUT2D eigenvalue weighted by molar-refractivity contribution is 7.99. The lowest BCUT2D eigenvalue weighted by Gasteiger charge is -2.08. The van der Waals surface area contributed by atoms with Crippen LogP contribution in [0.2, 0.25) is 0 Å². The van der Waals surface area contributed by atoms with E-state index in [2.05, 4.69) is 26.3 Å². The number of aromatic nitrogens is 3. The third-order valence-corrected chi connectivity index (χ3v) is 3.87. The highest BCUT2D eigenvalue weighted by atomic mass is 32.2. The highest BCUT2D eigenvalue weighted by Crippen LogP contribution is 2.28. The Hall–Kier alpha value is -1.86. The summed E-state index contributed by atoms with van der Waals surface area (Å²) < 4.78 is 0. The first-order chi connectivity index (χ1) is 9.70. The molecule has 1 aliphatic carbocycles. The van der Waals surface area contributed by atoms with Crippen molar-refractivity contribution in [1.82, 2.24) is 20.3 Å². The average molecular weight is 288 g/mol. The molecular formula is C13H16N6S. The van der Waals surface area contributed by atoms with Crippen LogP contribution in [-0.4, -0.2) is 21.0 Å². The van der Waals surface area contributed by atoms with Crippen LogP contribution in [0, 0.1) is 0 Å². The van der Waals surface area contributed by atoms with Gasteiger partial charge >= 0.3 is 0 Å². The zero-order valence-corrected chi connectivity index (χ0v) is 11.7. The molecule has 2 aromatic heterocycles. The molecule has 2 aromatic rings. The Morgan fingerprint density at radius 3 is 2.70 bits per heavy atom. The first-order valence-corrected chi connectivity index (χ1v) is 7.27. The molecule has 1 aliphatic rings. The second kappa shape index (κ2) is 5.64. The van der Waals surface area contributed by atoms with Crippen molar-refractivity contribution in [2.24, 2.45) is 0 Å². The van der Waals surface area contributed by atoms with E-state index >= 15 is 0 Å². The fourth-order valence-corrected chi connectivity index (χ4v) is 2.65. The summed E-state index contributed by atoms with van der Waals surface area (Å²) in [4.78, 5) is 12.7. The largest absolute Gasteiger partial charge is 0.383 e. The molecule has 0 unspecified atom stereocenters. The lowest BCUT2D eigenvalue weighted by Crippen LogP contribution is -2.16. The minimum Gasteiger partial charge on any atom is -0.383 e. The van der Waals surface area contributed by atoms with Crippen molar-refractivity contribution in [2.75, 3.05) is 11.5 Å². The van der Waals surface area contributed by atoms with E-state index in [1.807, 2.05) is 6.07 Å². The molecule has 0 amide bonds. The van der Waals surface area contributed by atoms with Crippen molar-refractivity contribution < 1.29 is 0 Å². The standard InChI is InChI=1S/C13H16N6S/c14-10-6-11(15)19-13(18-10)20-12-8(2-1-5-16-12)7-17-9-3-4-9/h1-2,5-6,9,17H,3-4,7H2,(H4,14,15,18,19). The van der Waals surface area contributed by atoms with Gasteiger partial charge in [-0.3, -0.25) is 0 Å². The van der Waals surface area contributed by atoms with Gasteiger partial charge in [-0.2, -0.15) is 0 Å². The van der Waals surface area contributed by atoms with Crippen molar-refractivity contribution in [3.63, 3.8) is 0 Å². The lowest BCUT2D eigenvalue weighted by molar-refractivity contribution is 0.675. The van der Waals surface area contributed by atoms with Crippen LogP contribution in [0.15, 0.2) is 34.6 Å². The van der Waals surface area contributed by atoms with Gasteiger partial charge in [0.05, 0.1) is 0 Å². The van der Waals surface area contributed by atoms with E-state index in [9.17, 15) is 0 Å². The summed E-state index contributed by atoms with van der Waals surface area (Å²) in [6.45, 7) is 0.804. The number of hydrogen-bond acceptors (Lipinski definition) is 7. The molecule has 0 aromatic carbocycles. The number of anilines is 2. The van der Waals surface area contributed by atoms with Crippen LogP contribution in [0.4, 0.5) is 11.6 Å². The molecule has 0 saturated heterocycles. The summed E-state index contributed by atoms with van der Waals surface area (Å²) in [6.07, 6.45) is 4.29. The molecule has 1 fully saturated rings. The number of nitrogens with zero attached hydrogens (tertiary/aromatic N) is 3. The molecular weight excluding hydrogens is 272 g/mol. The van der Waals surface area contributed by atoms with E-state index in [1.54, 1.807) is 6.20 Å². The third kappa shape index (κ3) is 3.37. The van der Waals surface area contributed by atoms with Gasteiger partial charge in [0.2, 0.25) is 0 Å². The van der Waals surface area contributed by atoms with Crippen LogP contribution in [-0.2, 0) is 6.54 Å². The fraction of sp³-hybridized carbons (Fsp3) is 0.308. The molecule has 5 N–H and O–H groups in total. The molecule has 20 heavy (non-hydrogen) atoms. The van der Waals surface area contributed by atoms with Crippen molar-refractivity contribution >= 4 is 23.4 Å². The minimum absolute atomic E-state index is 0.369. The first-order valence-electron chi connectivity index (χ1n) is 6.46. The maximum absolute atomic E-state index is 5.68. The van der Waals surface area contributed by atoms with E-state index in [1.165, 1.54) is 30.7 Å². The SMILES string of the molecule is Nc1cc(N)nc(Sc2ncccc2CNC2CC2)n1. The number of nitrogens with one attached hydrogen (secondary N) is 1. The fourth-order valence-electron chi connectivity index (χ4n) is 1.79. The van der Waals surface area contributed by atoms with Gasteiger partial charge in [0.15, 0.2) is 5.16 Å². The van der Waals surface area contributed by atoms with Crippen LogP contribution in [0.1, 0.15) is 18.4 Å². The molecule has 0 bridgehead atoms. The van der Waals surface area contributed by atoms with E-state index < -0.39 is 0 Å². The van der Waals surface area contributed by atoms with Crippen LogP contribution >= 0.6 is 11.8 Å². The molecule has 0 spiro atoms. The average Bonchev–Trinajstić information content (AvgIpc) is 3.20.